The van der Waals surface area contributed by atoms with Gasteiger partial charge in [0.2, 0.25) is 12.7 Å². The van der Waals surface area contributed by atoms with Crippen LogP contribution >= 0.6 is 11.8 Å². The van der Waals surface area contributed by atoms with Crippen molar-refractivity contribution < 1.29 is 33.5 Å². The third-order valence-electron chi connectivity index (χ3n) is 3.82. The largest absolute Gasteiger partial charge is 0.547 e. The lowest BCUT2D eigenvalue weighted by Crippen LogP contribution is -2.53. The minimum Gasteiger partial charge on any atom is -0.534 e. The van der Waals surface area contributed by atoms with Crippen LogP contribution in [0.4, 0.5) is 0 Å². The van der Waals surface area contributed by atoms with Gasteiger partial charge in [-0.1, -0.05) is 19.1 Å². The van der Waals surface area contributed by atoms with Gasteiger partial charge in [0, 0.05) is 6.42 Å². The second kappa shape index (κ2) is 10.2. The summed E-state index contributed by atoms with van der Waals surface area (Å²) in [6, 6.07) is 4.89. The number of hydrogen-bond donors (Lipinski definition) is 2. The van der Waals surface area contributed by atoms with Crippen molar-refractivity contribution in [1.29, 1.82) is 0 Å². The average Bonchev–Trinajstić information content (AvgIpc) is 2.62. The minimum absolute atomic E-state index is 0.118. The van der Waals surface area contributed by atoms with E-state index in [-0.39, 0.29) is 29.4 Å². The second-order valence-corrected chi connectivity index (χ2v) is 6.80. The summed E-state index contributed by atoms with van der Waals surface area (Å²) in [4.78, 5) is 35.3. The molecule has 0 unspecified atom stereocenters. The molecule has 0 saturated heterocycles. The molecular formula is C17H22BNO7S. The Balaban J connectivity index is 2.03. The summed E-state index contributed by atoms with van der Waals surface area (Å²) in [5.41, 5.74) is 0.777. The molecule has 1 aliphatic rings. The Hall–Kier alpha value is -2.20. The topological polar surface area (TPSA) is 111 Å². The zero-order valence-corrected chi connectivity index (χ0v) is 16.0. The second-order valence-electron chi connectivity index (χ2n) is 5.93. The summed E-state index contributed by atoms with van der Waals surface area (Å²) in [6.45, 7) is 1.35. The van der Waals surface area contributed by atoms with E-state index in [1.54, 1.807) is 18.4 Å². The van der Waals surface area contributed by atoms with Crippen molar-refractivity contribution in [2.45, 2.75) is 32.1 Å². The lowest BCUT2D eigenvalue weighted by Gasteiger charge is -2.29. The molecule has 0 fully saturated rings. The van der Waals surface area contributed by atoms with Crippen LogP contribution in [0, 0.1) is 0 Å². The van der Waals surface area contributed by atoms with Gasteiger partial charge in [0.05, 0.1) is 11.7 Å². The summed E-state index contributed by atoms with van der Waals surface area (Å²) >= 11 is 1.37. The van der Waals surface area contributed by atoms with Crippen LogP contribution in [-0.2, 0) is 25.5 Å². The number of hydrogen-bond acceptors (Lipinski definition) is 8. The molecule has 0 aromatic heterocycles. The standard InChI is InChI=1S/C17H22BNO7S/c1-3-5-15(21)24-10-25-17(22)12-7-4-6-11-8-13(18(23)26-16(11)12)19-14(20)9-27-2/h4,6-7,13,23H,3,5,8-10H2,1-2H3,(H,19,20)/t13-/m0/s1. The van der Waals surface area contributed by atoms with Crippen molar-refractivity contribution in [1.82, 2.24) is 5.32 Å². The fraction of sp³-hybridized carbons (Fsp3) is 0.471. The Kier molecular flexibility index (Phi) is 7.99. The molecule has 0 saturated carbocycles. The Morgan fingerprint density at radius 3 is 2.85 bits per heavy atom. The van der Waals surface area contributed by atoms with Crippen molar-refractivity contribution in [3.05, 3.63) is 29.3 Å². The Morgan fingerprint density at radius 1 is 1.37 bits per heavy atom. The van der Waals surface area contributed by atoms with Gasteiger partial charge < -0.3 is 24.5 Å². The number of esters is 2. The third-order valence-corrected chi connectivity index (χ3v) is 4.38. The maximum Gasteiger partial charge on any atom is 0.547 e. The summed E-state index contributed by atoms with van der Waals surface area (Å²) < 4.78 is 15.2. The zero-order chi connectivity index (χ0) is 19.8. The van der Waals surface area contributed by atoms with Gasteiger partial charge in [-0.05, 0) is 30.7 Å². The van der Waals surface area contributed by atoms with E-state index in [2.05, 4.69) is 5.32 Å². The number of fused-ring (bicyclic) bond motifs is 1. The van der Waals surface area contributed by atoms with Crippen LogP contribution in [0.15, 0.2) is 18.2 Å². The first kappa shape index (κ1) is 21.1. The molecule has 0 radical (unpaired) electrons. The van der Waals surface area contributed by atoms with E-state index in [1.165, 1.54) is 17.8 Å². The highest BCUT2D eigenvalue weighted by Gasteiger charge is 2.37. The molecule has 146 valence electrons. The average molecular weight is 395 g/mol. The molecule has 0 bridgehead atoms. The molecule has 10 heteroatoms. The van der Waals surface area contributed by atoms with E-state index in [4.69, 9.17) is 14.1 Å². The van der Waals surface area contributed by atoms with E-state index in [1.807, 2.05) is 6.92 Å². The van der Waals surface area contributed by atoms with Crippen LogP contribution in [0.5, 0.6) is 5.75 Å². The van der Waals surface area contributed by atoms with E-state index in [0.29, 0.717) is 18.4 Å². The first-order valence-corrected chi connectivity index (χ1v) is 9.93. The predicted octanol–water partition coefficient (Wildman–Crippen LogP) is 0.947. The molecular weight excluding hydrogens is 373 g/mol. The third kappa shape index (κ3) is 5.90. The molecule has 8 nitrogen and oxygen atoms in total. The van der Waals surface area contributed by atoms with Gasteiger partial charge in [-0.15, -0.1) is 0 Å². The quantitative estimate of drug-likeness (QED) is 0.380. The first-order chi connectivity index (χ1) is 13.0. The van der Waals surface area contributed by atoms with Gasteiger partial charge in [-0.2, -0.15) is 11.8 Å². The van der Waals surface area contributed by atoms with Crippen molar-refractivity contribution >= 4 is 36.7 Å². The van der Waals surface area contributed by atoms with Crippen molar-refractivity contribution in [2.75, 3.05) is 18.8 Å². The number of nitrogens with one attached hydrogen (secondary N) is 1. The number of rotatable bonds is 8. The summed E-state index contributed by atoms with van der Waals surface area (Å²) in [5.74, 6) is -1.52. The molecule has 1 aromatic carbocycles. The van der Waals surface area contributed by atoms with Crippen molar-refractivity contribution in [3.8, 4) is 5.75 Å². The Bertz CT molecular complexity index is 700. The van der Waals surface area contributed by atoms with E-state index in [0.717, 1.165) is 0 Å². The highest BCUT2D eigenvalue weighted by atomic mass is 32.2. The predicted molar refractivity (Wildman–Crippen MR) is 100 cm³/mol. The molecule has 1 heterocycles. The smallest absolute Gasteiger partial charge is 0.534 e. The molecule has 2 rings (SSSR count). The van der Waals surface area contributed by atoms with Crippen molar-refractivity contribution in [3.63, 3.8) is 0 Å². The number of carbonyl (C=O) groups excluding carboxylic acids is 3. The normalized spacial score (nSPS) is 15.4. The summed E-state index contributed by atoms with van der Waals surface area (Å²) in [5, 5.41) is 12.9. The Labute approximate surface area is 162 Å². The number of para-hydroxylation sites is 1. The van der Waals surface area contributed by atoms with Crippen LogP contribution in [0.2, 0.25) is 0 Å². The molecule has 1 aromatic rings. The highest BCUT2D eigenvalue weighted by molar-refractivity contribution is 7.99. The van der Waals surface area contributed by atoms with Crippen molar-refractivity contribution in [2.24, 2.45) is 0 Å². The molecule has 0 aliphatic carbocycles. The zero-order valence-electron chi connectivity index (χ0n) is 15.2. The lowest BCUT2D eigenvalue weighted by molar-refractivity contribution is -0.152. The summed E-state index contributed by atoms with van der Waals surface area (Å²) in [7, 11) is -1.29. The SMILES string of the molecule is CCCC(=O)OCOC(=O)c1cccc2c1OB(O)[C@@H](NC(=O)CSC)C2. The summed E-state index contributed by atoms with van der Waals surface area (Å²) in [6.07, 6.45) is 3.00. The molecule has 1 aliphatic heterocycles. The van der Waals surface area contributed by atoms with E-state index >= 15 is 0 Å². The number of thioether (sulfide) groups is 1. The van der Waals surface area contributed by atoms with Crippen LogP contribution in [0.3, 0.4) is 0 Å². The van der Waals surface area contributed by atoms with Gasteiger partial charge >= 0.3 is 19.1 Å². The van der Waals surface area contributed by atoms with Crippen LogP contribution < -0.4 is 9.97 Å². The van der Waals surface area contributed by atoms with Gasteiger partial charge in [0.15, 0.2) is 0 Å². The number of ether oxygens (including phenoxy) is 2. The molecule has 1 atom stereocenters. The van der Waals surface area contributed by atoms with Crippen LogP contribution in [-0.4, -0.2) is 54.7 Å². The maximum absolute atomic E-state index is 12.3. The maximum atomic E-state index is 12.3. The fourth-order valence-corrected chi connectivity index (χ4v) is 2.94. The van der Waals surface area contributed by atoms with E-state index in [9.17, 15) is 19.4 Å². The van der Waals surface area contributed by atoms with Gasteiger partial charge in [0.1, 0.15) is 11.3 Å². The lowest BCUT2D eigenvalue weighted by atomic mass is 9.72. The molecule has 0 spiro atoms. The number of benzene rings is 1. The van der Waals surface area contributed by atoms with Gasteiger partial charge in [-0.3, -0.25) is 9.59 Å². The molecule has 27 heavy (non-hydrogen) atoms. The number of amides is 1. The van der Waals surface area contributed by atoms with Gasteiger partial charge in [0.25, 0.3) is 0 Å². The first-order valence-electron chi connectivity index (χ1n) is 8.53. The number of carbonyl (C=O) groups is 3. The molecule has 2 N–H and O–H groups in total. The van der Waals surface area contributed by atoms with Crippen LogP contribution in [0.1, 0.15) is 35.7 Å². The minimum atomic E-state index is -1.29. The molecule has 1 amide bonds. The van der Waals surface area contributed by atoms with Crippen LogP contribution in [0.25, 0.3) is 0 Å². The Morgan fingerprint density at radius 2 is 2.15 bits per heavy atom. The fourth-order valence-electron chi connectivity index (χ4n) is 2.59. The highest BCUT2D eigenvalue weighted by Crippen LogP contribution is 2.30. The van der Waals surface area contributed by atoms with Gasteiger partial charge in [-0.25, -0.2) is 4.79 Å². The van der Waals surface area contributed by atoms with E-state index < -0.39 is 31.8 Å². The monoisotopic (exact) mass is 395 g/mol.